The fourth-order valence-corrected chi connectivity index (χ4v) is 4.17. The molecule has 0 bridgehead atoms. The third-order valence-electron chi connectivity index (χ3n) is 5.85. The summed E-state index contributed by atoms with van der Waals surface area (Å²) in [6.45, 7) is 5.39. The highest BCUT2D eigenvalue weighted by Gasteiger charge is 2.28. The Morgan fingerprint density at radius 3 is 2.66 bits per heavy atom. The van der Waals surface area contributed by atoms with Gasteiger partial charge in [-0.3, -0.25) is 9.59 Å². The molecular formula is C21H27N5O3. The summed E-state index contributed by atoms with van der Waals surface area (Å²) in [4.78, 5) is 39.9. The highest BCUT2D eigenvalue weighted by molar-refractivity contribution is 5.93. The molecule has 2 aromatic rings. The van der Waals surface area contributed by atoms with E-state index in [1.165, 1.54) is 19.0 Å². The summed E-state index contributed by atoms with van der Waals surface area (Å²) in [5.41, 5.74) is 0.449. The zero-order valence-corrected chi connectivity index (χ0v) is 16.8. The number of aromatic nitrogens is 2. The molecule has 0 aliphatic carbocycles. The molecule has 2 saturated heterocycles. The zero-order chi connectivity index (χ0) is 20.2. The molecule has 0 N–H and O–H groups in total. The first kappa shape index (κ1) is 19.4. The Morgan fingerprint density at radius 2 is 1.93 bits per heavy atom. The molecule has 0 aromatic carbocycles. The number of rotatable bonds is 4. The number of carbonyl (C=O) groups is 2. The molecule has 2 aliphatic rings. The maximum absolute atomic E-state index is 13.0. The molecule has 2 amide bonds. The van der Waals surface area contributed by atoms with Crippen molar-refractivity contribution < 1.29 is 14.0 Å². The number of hydrogen-bond acceptors (Lipinski definition) is 6. The molecule has 8 nitrogen and oxygen atoms in total. The van der Waals surface area contributed by atoms with Crippen LogP contribution < -0.4 is 4.90 Å². The van der Waals surface area contributed by atoms with Gasteiger partial charge in [0.2, 0.25) is 0 Å². The molecule has 2 aliphatic heterocycles. The van der Waals surface area contributed by atoms with Gasteiger partial charge >= 0.3 is 0 Å². The lowest BCUT2D eigenvalue weighted by molar-refractivity contribution is 0.0601. The molecule has 2 fully saturated rings. The highest BCUT2D eigenvalue weighted by Crippen LogP contribution is 2.22. The normalized spacial score (nSPS) is 20.0. The number of furan rings is 1. The predicted molar refractivity (Wildman–Crippen MR) is 108 cm³/mol. The molecule has 29 heavy (non-hydrogen) atoms. The van der Waals surface area contributed by atoms with Crippen LogP contribution in [0.2, 0.25) is 0 Å². The minimum absolute atomic E-state index is 0.00756. The Hall–Kier alpha value is -2.90. The summed E-state index contributed by atoms with van der Waals surface area (Å²) < 4.78 is 5.21. The van der Waals surface area contributed by atoms with Crippen molar-refractivity contribution in [1.29, 1.82) is 0 Å². The van der Waals surface area contributed by atoms with Crippen molar-refractivity contribution >= 4 is 17.6 Å². The minimum Gasteiger partial charge on any atom is -0.459 e. The maximum Gasteiger partial charge on any atom is 0.289 e. The summed E-state index contributed by atoms with van der Waals surface area (Å²) in [5.74, 6) is 0.995. The fourth-order valence-electron chi connectivity index (χ4n) is 4.17. The molecule has 0 spiro atoms. The van der Waals surface area contributed by atoms with Crippen molar-refractivity contribution in [3.05, 3.63) is 42.2 Å². The van der Waals surface area contributed by atoms with Crippen LogP contribution >= 0.6 is 0 Å². The molecule has 0 saturated carbocycles. The molecule has 4 rings (SSSR count). The topological polar surface area (TPSA) is 82.8 Å². The third kappa shape index (κ3) is 4.11. The summed E-state index contributed by atoms with van der Waals surface area (Å²) in [6.07, 6.45) is 7.23. The largest absolute Gasteiger partial charge is 0.459 e. The van der Waals surface area contributed by atoms with Gasteiger partial charge in [0.15, 0.2) is 5.76 Å². The van der Waals surface area contributed by atoms with E-state index in [0.717, 1.165) is 31.6 Å². The van der Waals surface area contributed by atoms with Gasteiger partial charge in [-0.2, -0.15) is 0 Å². The molecule has 1 unspecified atom stereocenters. The SMILES string of the molecule is CCC1CCCCN1C(=O)c1cc(N2CCN(C(=O)c3ccco3)CC2)ncn1. The second kappa shape index (κ2) is 8.63. The van der Waals surface area contributed by atoms with E-state index < -0.39 is 0 Å². The first-order chi connectivity index (χ1) is 14.2. The van der Waals surface area contributed by atoms with E-state index in [1.54, 1.807) is 23.1 Å². The number of amides is 2. The predicted octanol–water partition coefficient (Wildman–Crippen LogP) is 2.44. The van der Waals surface area contributed by atoms with Crippen molar-refractivity contribution in [3.8, 4) is 0 Å². The number of piperazine rings is 1. The van der Waals surface area contributed by atoms with E-state index in [1.807, 2.05) is 4.90 Å². The Kier molecular flexibility index (Phi) is 5.78. The van der Waals surface area contributed by atoms with E-state index in [2.05, 4.69) is 21.8 Å². The summed E-state index contributed by atoms with van der Waals surface area (Å²) in [7, 11) is 0. The molecular weight excluding hydrogens is 370 g/mol. The van der Waals surface area contributed by atoms with E-state index >= 15 is 0 Å². The van der Waals surface area contributed by atoms with Crippen LogP contribution in [-0.4, -0.2) is 70.3 Å². The Balaban J connectivity index is 1.41. The van der Waals surface area contributed by atoms with Gasteiger partial charge in [0.1, 0.15) is 17.8 Å². The quantitative estimate of drug-likeness (QED) is 0.788. The van der Waals surface area contributed by atoms with E-state index in [-0.39, 0.29) is 11.8 Å². The van der Waals surface area contributed by atoms with Crippen LogP contribution in [0.3, 0.4) is 0 Å². The first-order valence-electron chi connectivity index (χ1n) is 10.4. The number of piperidine rings is 1. The Bertz CT molecular complexity index is 846. The molecule has 154 valence electrons. The Morgan fingerprint density at radius 1 is 1.10 bits per heavy atom. The monoisotopic (exact) mass is 397 g/mol. The van der Waals surface area contributed by atoms with Gasteiger partial charge in [-0.25, -0.2) is 9.97 Å². The summed E-state index contributed by atoms with van der Waals surface area (Å²) in [6, 6.07) is 5.48. The third-order valence-corrected chi connectivity index (χ3v) is 5.85. The summed E-state index contributed by atoms with van der Waals surface area (Å²) in [5, 5.41) is 0. The first-order valence-corrected chi connectivity index (χ1v) is 10.4. The molecule has 0 radical (unpaired) electrons. The molecule has 2 aromatic heterocycles. The zero-order valence-electron chi connectivity index (χ0n) is 16.8. The van der Waals surface area contributed by atoms with Crippen LogP contribution in [0.25, 0.3) is 0 Å². The molecule has 8 heteroatoms. The van der Waals surface area contributed by atoms with Crippen molar-refractivity contribution in [2.24, 2.45) is 0 Å². The van der Waals surface area contributed by atoms with Crippen LogP contribution in [-0.2, 0) is 0 Å². The van der Waals surface area contributed by atoms with E-state index in [4.69, 9.17) is 4.42 Å². The second-order valence-corrected chi connectivity index (χ2v) is 7.57. The fraction of sp³-hybridized carbons (Fsp3) is 0.524. The van der Waals surface area contributed by atoms with Gasteiger partial charge in [-0.1, -0.05) is 6.92 Å². The lowest BCUT2D eigenvalue weighted by Crippen LogP contribution is -2.49. The van der Waals surface area contributed by atoms with Crippen molar-refractivity contribution in [3.63, 3.8) is 0 Å². The van der Waals surface area contributed by atoms with Crippen LogP contribution in [0.15, 0.2) is 35.2 Å². The lowest BCUT2D eigenvalue weighted by Gasteiger charge is -2.36. The van der Waals surface area contributed by atoms with Crippen molar-refractivity contribution in [2.45, 2.75) is 38.6 Å². The second-order valence-electron chi connectivity index (χ2n) is 7.57. The van der Waals surface area contributed by atoms with Crippen LogP contribution in [0, 0.1) is 0 Å². The van der Waals surface area contributed by atoms with Gasteiger partial charge < -0.3 is 19.1 Å². The number of likely N-dealkylation sites (tertiary alicyclic amines) is 1. The lowest BCUT2D eigenvalue weighted by atomic mass is 9.99. The van der Waals surface area contributed by atoms with Crippen LogP contribution in [0.1, 0.15) is 53.7 Å². The van der Waals surface area contributed by atoms with Gasteiger partial charge in [-0.15, -0.1) is 0 Å². The summed E-state index contributed by atoms with van der Waals surface area (Å²) >= 11 is 0. The van der Waals surface area contributed by atoms with Crippen molar-refractivity contribution in [2.75, 3.05) is 37.6 Å². The van der Waals surface area contributed by atoms with E-state index in [0.29, 0.717) is 43.7 Å². The van der Waals surface area contributed by atoms with Gasteiger partial charge in [0.05, 0.1) is 6.26 Å². The van der Waals surface area contributed by atoms with Crippen LogP contribution in [0.4, 0.5) is 5.82 Å². The number of anilines is 1. The standard InChI is InChI=1S/C21H27N5O3/c1-2-16-6-3-4-8-26(16)20(27)17-14-19(23-15-22-17)24-9-11-25(12-10-24)21(28)18-7-5-13-29-18/h5,7,13-16H,2-4,6,8-12H2,1H3. The van der Waals surface area contributed by atoms with Crippen molar-refractivity contribution in [1.82, 2.24) is 19.8 Å². The minimum atomic E-state index is -0.0936. The average molecular weight is 397 g/mol. The number of carbonyl (C=O) groups excluding carboxylic acids is 2. The van der Waals surface area contributed by atoms with Gasteiger partial charge in [-0.05, 0) is 37.8 Å². The van der Waals surface area contributed by atoms with E-state index in [9.17, 15) is 9.59 Å². The van der Waals surface area contributed by atoms with Gasteiger partial charge in [0.25, 0.3) is 11.8 Å². The molecule has 1 atom stereocenters. The van der Waals surface area contributed by atoms with Crippen LogP contribution in [0.5, 0.6) is 0 Å². The number of nitrogens with zero attached hydrogens (tertiary/aromatic N) is 5. The average Bonchev–Trinajstić information content (AvgIpc) is 3.33. The number of hydrogen-bond donors (Lipinski definition) is 0. The maximum atomic E-state index is 13.0. The highest BCUT2D eigenvalue weighted by atomic mass is 16.3. The Labute approximate surface area is 170 Å². The smallest absolute Gasteiger partial charge is 0.289 e. The van der Waals surface area contributed by atoms with Gasteiger partial charge in [0, 0.05) is 44.8 Å². The molecule has 4 heterocycles.